The van der Waals surface area contributed by atoms with Gasteiger partial charge in [0.1, 0.15) is 0 Å². The molecule has 0 aromatic heterocycles. The van der Waals surface area contributed by atoms with E-state index >= 15 is 0 Å². The van der Waals surface area contributed by atoms with Gasteiger partial charge >= 0.3 is 0 Å². The van der Waals surface area contributed by atoms with Crippen LogP contribution < -0.4 is 5.32 Å². The fraction of sp³-hybridized carbons (Fsp3) is 0.933. The zero-order valence-electron chi connectivity index (χ0n) is 14.3. The number of carbonyl (C=O) groups excluding carboxylic acids is 1. The number of amides is 1. The first kappa shape index (κ1) is 18.4. The molecule has 0 saturated heterocycles. The van der Waals surface area contributed by atoms with Crippen molar-refractivity contribution in [2.75, 3.05) is 55.0 Å². The van der Waals surface area contributed by atoms with Crippen LogP contribution in [-0.4, -0.2) is 69.9 Å². The van der Waals surface area contributed by atoms with E-state index in [0.717, 1.165) is 28.5 Å². The predicted octanol–water partition coefficient (Wildman–Crippen LogP) is 1.67. The summed E-state index contributed by atoms with van der Waals surface area (Å²) < 4.78 is 1.83. The largest absolute Gasteiger partial charge is 0.331 e. The second kappa shape index (κ2) is 6.71. The number of carbonyl (C=O) groups is 1. The van der Waals surface area contributed by atoms with Crippen LogP contribution in [0.25, 0.3) is 0 Å². The monoisotopic (exact) mass is 273 g/mol. The molecule has 0 bridgehead atoms. The molecular weight excluding hydrogens is 238 g/mol. The van der Waals surface area contributed by atoms with Gasteiger partial charge in [-0.2, -0.15) is 0 Å². The molecule has 114 valence electrons. The predicted molar refractivity (Wildman–Crippen MR) is 81.6 cm³/mol. The zero-order chi connectivity index (χ0) is 15.3. The Kier molecular flexibility index (Phi) is 6.49. The van der Waals surface area contributed by atoms with Crippen molar-refractivity contribution in [2.45, 2.75) is 33.6 Å². The minimum Gasteiger partial charge on any atom is -0.331 e. The summed E-state index contributed by atoms with van der Waals surface area (Å²) >= 11 is 0. The summed E-state index contributed by atoms with van der Waals surface area (Å²) in [7, 11) is 11.0. The average molecular weight is 273 g/mol. The lowest BCUT2D eigenvalue weighted by Crippen LogP contribution is -2.52. The van der Waals surface area contributed by atoms with E-state index in [0.29, 0.717) is 6.67 Å². The highest BCUT2D eigenvalue weighted by Crippen LogP contribution is 2.19. The normalized spacial score (nSPS) is 13.5. The molecule has 0 saturated carbocycles. The highest BCUT2D eigenvalue weighted by Gasteiger charge is 2.27. The fourth-order valence-corrected chi connectivity index (χ4v) is 1.74. The lowest BCUT2D eigenvalue weighted by atomic mass is 9.89. The van der Waals surface area contributed by atoms with Crippen LogP contribution >= 0.6 is 0 Å². The highest BCUT2D eigenvalue weighted by atomic mass is 16.2. The molecule has 1 N–H and O–H groups in total. The molecule has 0 unspecified atom stereocenters. The average Bonchev–Trinajstić information content (AvgIpc) is 2.23. The molecule has 0 aliphatic carbocycles. The van der Waals surface area contributed by atoms with E-state index in [1.54, 1.807) is 0 Å². The maximum atomic E-state index is 12.1. The standard InChI is InChI=1S/C15H34N3O/c1-9-15(2,3)14(19)16-13-18(7,8)12-10-11-17(4,5)6/h9-13H2,1-8H3/q+1/p+1. The summed E-state index contributed by atoms with van der Waals surface area (Å²) in [5.41, 5.74) is -0.262. The van der Waals surface area contributed by atoms with Crippen LogP contribution in [0.5, 0.6) is 0 Å². The second-order valence-electron chi connectivity index (χ2n) is 7.93. The second-order valence-corrected chi connectivity index (χ2v) is 7.93. The van der Waals surface area contributed by atoms with Crippen LogP contribution in [0, 0.1) is 5.41 Å². The Balaban J connectivity index is 4.14. The van der Waals surface area contributed by atoms with Gasteiger partial charge in [-0.05, 0) is 6.42 Å². The molecule has 4 heteroatoms. The molecule has 0 rings (SSSR count). The van der Waals surface area contributed by atoms with E-state index in [1.807, 2.05) is 13.8 Å². The molecule has 0 aliphatic heterocycles. The van der Waals surface area contributed by atoms with Crippen molar-refractivity contribution >= 4 is 5.91 Å². The molecule has 0 spiro atoms. The van der Waals surface area contributed by atoms with Gasteiger partial charge in [-0.3, -0.25) is 4.79 Å². The summed E-state index contributed by atoms with van der Waals surface area (Å²) in [5, 5.41) is 3.09. The number of rotatable bonds is 8. The zero-order valence-corrected chi connectivity index (χ0v) is 14.3. The molecule has 0 aromatic rings. The summed E-state index contributed by atoms with van der Waals surface area (Å²) in [6.07, 6.45) is 2.04. The molecule has 0 heterocycles. The number of hydrogen-bond acceptors (Lipinski definition) is 1. The third-order valence-electron chi connectivity index (χ3n) is 3.76. The van der Waals surface area contributed by atoms with E-state index < -0.39 is 0 Å². The summed E-state index contributed by atoms with van der Waals surface area (Å²) in [6, 6.07) is 0. The van der Waals surface area contributed by atoms with Crippen LogP contribution in [-0.2, 0) is 4.79 Å². The summed E-state index contributed by atoms with van der Waals surface area (Å²) in [4.78, 5) is 12.1. The Morgan fingerprint density at radius 1 is 1.05 bits per heavy atom. The fourth-order valence-electron chi connectivity index (χ4n) is 1.74. The first-order valence-electron chi connectivity index (χ1n) is 7.30. The Hall–Kier alpha value is -0.610. The van der Waals surface area contributed by atoms with Gasteiger partial charge in [0.2, 0.25) is 5.91 Å². The van der Waals surface area contributed by atoms with Crippen LogP contribution in [0.2, 0.25) is 0 Å². The minimum absolute atomic E-state index is 0.160. The van der Waals surface area contributed by atoms with Crippen LogP contribution in [0.1, 0.15) is 33.6 Å². The summed E-state index contributed by atoms with van der Waals surface area (Å²) in [5.74, 6) is 0.160. The van der Waals surface area contributed by atoms with Gasteiger partial charge in [0.25, 0.3) is 0 Å². The molecule has 19 heavy (non-hydrogen) atoms. The van der Waals surface area contributed by atoms with Crippen molar-refractivity contribution in [3.8, 4) is 0 Å². The Morgan fingerprint density at radius 3 is 2.00 bits per heavy atom. The Labute approximate surface area is 119 Å². The van der Waals surface area contributed by atoms with E-state index in [4.69, 9.17) is 0 Å². The van der Waals surface area contributed by atoms with Gasteiger partial charge in [-0.25, -0.2) is 0 Å². The minimum atomic E-state index is -0.262. The molecule has 0 radical (unpaired) electrons. The molecule has 0 aliphatic rings. The van der Waals surface area contributed by atoms with Gasteiger partial charge < -0.3 is 14.3 Å². The lowest BCUT2D eigenvalue weighted by molar-refractivity contribution is -0.903. The van der Waals surface area contributed by atoms with Crippen molar-refractivity contribution < 1.29 is 13.8 Å². The van der Waals surface area contributed by atoms with Crippen molar-refractivity contribution in [1.29, 1.82) is 0 Å². The summed E-state index contributed by atoms with van der Waals surface area (Å²) in [6.45, 7) is 9.01. The lowest BCUT2D eigenvalue weighted by Gasteiger charge is -2.33. The topological polar surface area (TPSA) is 29.1 Å². The molecule has 1 amide bonds. The molecule has 0 fully saturated rings. The van der Waals surface area contributed by atoms with Gasteiger partial charge in [-0.15, -0.1) is 0 Å². The number of quaternary nitrogens is 2. The Bertz CT molecular complexity index is 290. The van der Waals surface area contributed by atoms with Crippen LogP contribution in [0.4, 0.5) is 0 Å². The van der Waals surface area contributed by atoms with E-state index in [1.165, 1.54) is 6.42 Å². The smallest absolute Gasteiger partial charge is 0.229 e. The molecular formula is C15H35N3O+2. The van der Waals surface area contributed by atoms with Gasteiger partial charge in [0.05, 0.1) is 48.3 Å². The highest BCUT2D eigenvalue weighted by molar-refractivity contribution is 5.81. The van der Waals surface area contributed by atoms with Crippen molar-refractivity contribution in [1.82, 2.24) is 5.32 Å². The van der Waals surface area contributed by atoms with Crippen molar-refractivity contribution in [2.24, 2.45) is 5.41 Å². The molecule has 0 aromatic carbocycles. The number of nitrogens with zero attached hydrogens (tertiary/aromatic N) is 2. The number of hydrogen-bond donors (Lipinski definition) is 1. The van der Waals surface area contributed by atoms with E-state index in [-0.39, 0.29) is 11.3 Å². The molecule has 0 atom stereocenters. The quantitative estimate of drug-likeness (QED) is 0.529. The molecule has 4 nitrogen and oxygen atoms in total. The van der Waals surface area contributed by atoms with E-state index in [9.17, 15) is 4.79 Å². The first-order valence-corrected chi connectivity index (χ1v) is 7.30. The first-order chi connectivity index (χ1) is 8.40. The third-order valence-corrected chi connectivity index (χ3v) is 3.76. The SMILES string of the molecule is CCC(C)(C)C(=O)NC[N+](C)(C)CCC[N+](C)(C)C. The van der Waals surface area contributed by atoms with Gasteiger partial charge in [0, 0.05) is 11.8 Å². The van der Waals surface area contributed by atoms with E-state index in [2.05, 4.69) is 47.5 Å². The third kappa shape index (κ3) is 8.22. The maximum Gasteiger partial charge on any atom is 0.229 e. The number of nitrogens with one attached hydrogen (secondary N) is 1. The van der Waals surface area contributed by atoms with Gasteiger partial charge in [-0.1, -0.05) is 20.8 Å². The maximum absolute atomic E-state index is 12.1. The van der Waals surface area contributed by atoms with Gasteiger partial charge in [0.15, 0.2) is 6.67 Å². The van der Waals surface area contributed by atoms with Crippen molar-refractivity contribution in [3.63, 3.8) is 0 Å². The van der Waals surface area contributed by atoms with Crippen LogP contribution in [0.3, 0.4) is 0 Å². The van der Waals surface area contributed by atoms with Crippen LogP contribution in [0.15, 0.2) is 0 Å². The Morgan fingerprint density at radius 2 is 1.58 bits per heavy atom. The van der Waals surface area contributed by atoms with Crippen molar-refractivity contribution in [3.05, 3.63) is 0 Å².